The predicted octanol–water partition coefficient (Wildman–Crippen LogP) is 3.26. The number of nitrogens with zero attached hydrogens (tertiary/aromatic N) is 3. The van der Waals surface area contributed by atoms with Gasteiger partial charge in [0, 0.05) is 52.6 Å². The molecule has 3 N–H and O–H groups in total. The second kappa shape index (κ2) is 9.28. The van der Waals surface area contributed by atoms with E-state index >= 15 is 0 Å². The van der Waals surface area contributed by atoms with E-state index in [0.29, 0.717) is 18.9 Å². The summed E-state index contributed by atoms with van der Waals surface area (Å²) in [5.41, 5.74) is 1.56. The molecule has 0 saturated carbocycles. The summed E-state index contributed by atoms with van der Waals surface area (Å²) < 4.78 is 1.24. The highest BCUT2D eigenvalue weighted by molar-refractivity contribution is 7.19. The number of hydrogen-bond acceptors (Lipinski definition) is 7. The van der Waals surface area contributed by atoms with Crippen molar-refractivity contribution in [3.8, 4) is 5.88 Å². The first-order valence-electron chi connectivity index (χ1n) is 10.1. The lowest BCUT2D eigenvalue weighted by Crippen LogP contribution is -2.37. The third-order valence-corrected chi connectivity index (χ3v) is 6.27. The maximum Gasteiger partial charge on any atom is 0.274 e. The molecule has 4 rings (SSSR count). The normalized spacial score (nSPS) is 12.4. The highest BCUT2D eigenvalue weighted by atomic mass is 32.1. The van der Waals surface area contributed by atoms with E-state index in [2.05, 4.69) is 43.4 Å². The lowest BCUT2D eigenvalue weighted by Gasteiger charge is -2.25. The SMILES string of the molecule is CN(C)C(CNc1nc(=O)cc(Cc2cc3ccccc3s2)[nH]1)Cc1ccnc(O)c1. The molecule has 3 heterocycles. The number of aromatic amines is 1. The van der Waals surface area contributed by atoms with Crippen LogP contribution in [0, 0.1) is 0 Å². The first kappa shape index (κ1) is 21.0. The van der Waals surface area contributed by atoms with Crippen molar-refractivity contribution in [1.82, 2.24) is 19.9 Å². The summed E-state index contributed by atoms with van der Waals surface area (Å²) in [6.07, 6.45) is 2.97. The molecule has 4 aromatic rings. The van der Waals surface area contributed by atoms with E-state index in [-0.39, 0.29) is 17.5 Å². The minimum Gasteiger partial charge on any atom is -0.493 e. The summed E-state index contributed by atoms with van der Waals surface area (Å²) in [7, 11) is 4.00. The standard InChI is InChI=1S/C23H25N5O2S/c1-28(2)18(9-15-7-8-24-21(29)10-15)14-25-23-26-17(13-22(30)27-23)12-19-11-16-5-3-4-6-20(16)31-19/h3-8,10-11,13,18H,9,12,14H2,1-2H3,(H,24,29)(H2,25,26,27,30). The Balaban J connectivity index is 1.46. The second-order valence-corrected chi connectivity index (χ2v) is 8.91. The zero-order valence-corrected chi connectivity index (χ0v) is 18.3. The molecule has 0 fully saturated rings. The Morgan fingerprint density at radius 3 is 2.81 bits per heavy atom. The quantitative estimate of drug-likeness (QED) is 0.393. The van der Waals surface area contributed by atoms with E-state index < -0.39 is 0 Å². The van der Waals surface area contributed by atoms with Crippen molar-refractivity contribution in [3.05, 3.63) is 81.2 Å². The Morgan fingerprint density at radius 2 is 2.03 bits per heavy atom. The van der Waals surface area contributed by atoms with Gasteiger partial charge in [0.15, 0.2) is 0 Å². The summed E-state index contributed by atoms with van der Waals surface area (Å²) in [6, 6.07) is 15.7. The Morgan fingerprint density at radius 1 is 1.19 bits per heavy atom. The minimum absolute atomic E-state index is 0.0166. The fourth-order valence-electron chi connectivity index (χ4n) is 3.51. The zero-order chi connectivity index (χ0) is 21.8. The van der Waals surface area contributed by atoms with Gasteiger partial charge in [0.25, 0.3) is 5.56 Å². The number of aromatic nitrogens is 3. The van der Waals surface area contributed by atoms with Gasteiger partial charge in [-0.2, -0.15) is 4.98 Å². The first-order valence-corrected chi connectivity index (χ1v) is 10.9. The average Bonchev–Trinajstić information content (AvgIpc) is 3.12. The molecule has 0 bridgehead atoms. The van der Waals surface area contributed by atoms with E-state index in [4.69, 9.17) is 0 Å². The number of thiophene rings is 1. The van der Waals surface area contributed by atoms with Gasteiger partial charge in [0.1, 0.15) is 0 Å². The number of fused-ring (bicyclic) bond motifs is 1. The topological polar surface area (TPSA) is 94.1 Å². The van der Waals surface area contributed by atoms with Crippen LogP contribution in [0.1, 0.15) is 16.1 Å². The number of likely N-dealkylation sites (N-methyl/N-ethyl adjacent to an activating group) is 1. The van der Waals surface area contributed by atoms with E-state index in [1.807, 2.05) is 32.3 Å². The number of benzene rings is 1. The van der Waals surface area contributed by atoms with Crippen molar-refractivity contribution < 1.29 is 5.11 Å². The Hall–Kier alpha value is -3.23. The Bertz CT molecular complexity index is 1200. The van der Waals surface area contributed by atoms with Crippen LogP contribution in [0.15, 0.2) is 59.5 Å². The van der Waals surface area contributed by atoms with Gasteiger partial charge in [-0.15, -0.1) is 11.3 Å². The highest BCUT2D eigenvalue weighted by Gasteiger charge is 2.14. The van der Waals surface area contributed by atoms with Crippen molar-refractivity contribution >= 4 is 27.4 Å². The van der Waals surface area contributed by atoms with Crippen molar-refractivity contribution in [1.29, 1.82) is 0 Å². The third-order valence-electron chi connectivity index (χ3n) is 5.16. The van der Waals surface area contributed by atoms with E-state index in [1.165, 1.54) is 15.0 Å². The molecular formula is C23H25N5O2S. The van der Waals surface area contributed by atoms with Crippen molar-refractivity contribution in [3.63, 3.8) is 0 Å². The van der Waals surface area contributed by atoms with E-state index in [9.17, 15) is 9.90 Å². The van der Waals surface area contributed by atoms with E-state index in [0.717, 1.165) is 17.7 Å². The molecule has 1 atom stereocenters. The monoisotopic (exact) mass is 435 g/mol. The van der Waals surface area contributed by atoms with Gasteiger partial charge in [-0.3, -0.25) is 4.79 Å². The summed E-state index contributed by atoms with van der Waals surface area (Å²) in [4.78, 5) is 26.6. The molecule has 0 aliphatic carbocycles. The molecule has 8 heteroatoms. The summed E-state index contributed by atoms with van der Waals surface area (Å²) >= 11 is 1.73. The number of anilines is 1. The molecule has 0 spiro atoms. The molecular weight excluding hydrogens is 410 g/mol. The molecule has 31 heavy (non-hydrogen) atoms. The zero-order valence-electron chi connectivity index (χ0n) is 17.5. The molecule has 1 aromatic carbocycles. The summed E-state index contributed by atoms with van der Waals surface area (Å²) in [5.74, 6) is 0.482. The van der Waals surface area contributed by atoms with Crippen LogP contribution in [0.25, 0.3) is 10.1 Å². The van der Waals surface area contributed by atoms with Gasteiger partial charge < -0.3 is 20.3 Å². The molecule has 0 aliphatic heterocycles. The van der Waals surface area contributed by atoms with Gasteiger partial charge in [-0.25, -0.2) is 4.98 Å². The minimum atomic E-state index is -0.266. The number of nitrogens with one attached hydrogen (secondary N) is 2. The van der Waals surface area contributed by atoms with Crippen LogP contribution < -0.4 is 10.9 Å². The van der Waals surface area contributed by atoms with Gasteiger partial charge in [0.2, 0.25) is 11.8 Å². The average molecular weight is 436 g/mol. The van der Waals surface area contributed by atoms with Gasteiger partial charge in [-0.05, 0) is 49.7 Å². The Labute approximate surface area is 184 Å². The van der Waals surface area contributed by atoms with Crippen LogP contribution >= 0.6 is 11.3 Å². The maximum absolute atomic E-state index is 12.2. The van der Waals surface area contributed by atoms with Gasteiger partial charge in [0.05, 0.1) is 0 Å². The maximum atomic E-state index is 12.2. The van der Waals surface area contributed by atoms with Crippen LogP contribution in [-0.2, 0) is 12.8 Å². The van der Waals surface area contributed by atoms with Crippen LogP contribution in [0.4, 0.5) is 5.95 Å². The van der Waals surface area contributed by atoms with Crippen LogP contribution in [0.3, 0.4) is 0 Å². The van der Waals surface area contributed by atoms with Crippen molar-refractivity contribution in [2.24, 2.45) is 0 Å². The third kappa shape index (κ3) is 5.48. The Kier molecular flexibility index (Phi) is 6.29. The first-order chi connectivity index (χ1) is 15.0. The molecule has 7 nitrogen and oxygen atoms in total. The van der Waals surface area contributed by atoms with E-state index in [1.54, 1.807) is 29.7 Å². The lowest BCUT2D eigenvalue weighted by atomic mass is 10.1. The number of H-pyrrole nitrogens is 1. The fraction of sp³-hybridized carbons (Fsp3) is 0.261. The number of pyridine rings is 1. The van der Waals surface area contributed by atoms with Crippen LogP contribution in [0.5, 0.6) is 5.88 Å². The van der Waals surface area contributed by atoms with Crippen LogP contribution in [0.2, 0.25) is 0 Å². The largest absolute Gasteiger partial charge is 0.493 e. The summed E-state index contributed by atoms with van der Waals surface area (Å²) in [5, 5.41) is 14.1. The van der Waals surface area contributed by atoms with Crippen molar-refractivity contribution in [2.45, 2.75) is 18.9 Å². The molecule has 1 unspecified atom stereocenters. The van der Waals surface area contributed by atoms with Crippen LogP contribution in [-0.4, -0.2) is 51.6 Å². The lowest BCUT2D eigenvalue weighted by molar-refractivity contribution is 0.302. The fourth-order valence-corrected chi connectivity index (χ4v) is 4.60. The van der Waals surface area contributed by atoms with Crippen molar-refractivity contribution in [2.75, 3.05) is 26.0 Å². The number of rotatable bonds is 8. The highest BCUT2D eigenvalue weighted by Crippen LogP contribution is 2.26. The molecule has 0 radical (unpaired) electrons. The summed E-state index contributed by atoms with van der Waals surface area (Å²) in [6.45, 7) is 0.589. The van der Waals surface area contributed by atoms with Gasteiger partial charge >= 0.3 is 0 Å². The molecule has 0 saturated heterocycles. The number of aromatic hydroxyl groups is 1. The predicted molar refractivity (Wildman–Crippen MR) is 125 cm³/mol. The smallest absolute Gasteiger partial charge is 0.274 e. The molecule has 3 aromatic heterocycles. The molecule has 0 aliphatic rings. The molecule has 0 amide bonds. The molecule has 160 valence electrons. The second-order valence-electron chi connectivity index (χ2n) is 7.75. The van der Waals surface area contributed by atoms with Gasteiger partial charge in [-0.1, -0.05) is 18.2 Å². The number of hydrogen-bond donors (Lipinski definition) is 3.